The molecule has 0 aliphatic heterocycles. The monoisotopic (exact) mass is 238 g/mol. The minimum atomic E-state index is -0.988. The van der Waals surface area contributed by atoms with Crippen LogP contribution in [0.25, 0.3) is 0 Å². The van der Waals surface area contributed by atoms with E-state index in [0.29, 0.717) is 24.5 Å². The van der Waals surface area contributed by atoms with Crippen molar-refractivity contribution in [2.45, 2.75) is 39.7 Å². The van der Waals surface area contributed by atoms with Crippen molar-refractivity contribution >= 4 is 5.97 Å². The van der Waals surface area contributed by atoms with Crippen LogP contribution in [0.4, 0.5) is 0 Å². The number of carboxylic acid groups (broad SMARTS) is 1. The van der Waals surface area contributed by atoms with Crippen LogP contribution in [0.3, 0.4) is 0 Å². The van der Waals surface area contributed by atoms with Crippen LogP contribution < -0.4 is 0 Å². The molecule has 5 nitrogen and oxygen atoms in total. The number of hydrogen-bond donors (Lipinski definition) is 1. The van der Waals surface area contributed by atoms with Gasteiger partial charge in [-0.05, 0) is 19.8 Å². The highest BCUT2D eigenvalue weighted by atomic mass is 16.5. The maximum absolute atomic E-state index is 10.9. The second-order valence-electron chi connectivity index (χ2n) is 3.60. The molecule has 0 saturated heterocycles. The summed E-state index contributed by atoms with van der Waals surface area (Å²) >= 11 is 0. The van der Waals surface area contributed by atoms with Gasteiger partial charge in [-0.25, -0.2) is 14.8 Å². The number of nitrogens with zero attached hydrogens (tertiary/aromatic N) is 2. The normalized spacial score (nSPS) is 12.4. The highest BCUT2D eigenvalue weighted by molar-refractivity contribution is 5.88. The van der Waals surface area contributed by atoms with Gasteiger partial charge in [0, 0.05) is 12.8 Å². The molecule has 1 heterocycles. The molecule has 0 radical (unpaired) electrons. The van der Waals surface area contributed by atoms with Gasteiger partial charge in [-0.2, -0.15) is 0 Å². The molecule has 0 bridgehead atoms. The number of aromatic nitrogens is 2. The lowest BCUT2D eigenvalue weighted by Crippen LogP contribution is -2.13. The SMILES string of the molecule is CCOC(CC)c1ncc(C(=O)O)c(CC)n1. The van der Waals surface area contributed by atoms with Gasteiger partial charge in [0.1, 0.15) is 6.10 Å². The van der Waals surface area contributed by atoms with E-state index >= 15 is 0 Å². The lowest BCUT2D eigenvalue weighted by atomic mass is 10.1. The Morgan fingerprint density at radius 3 is 2.65 bits per heavy atom. The Morgan fingerprint density at radius 2 is 2.18 bits per heavy atom. The summed E-state index contributed by atoms with van der Waals surface area (Å²) in [6.07, 6.45) is 2.54. The van der Waals surface area contributed by atoms with Crippen LogP contribution >= 0.6 is 0 Å². The fraction of sp³-hybridized carbons (Fsp3) is 0.583. The van der Waals surface area contributed by atoms with Crippen LogP contribution in [0.15, 0.2) is 6.20 Å². The van der Waals surface area contributed by atoms with E-state index in [-0.39, 0.29) is 11.7 Å². The fourth-order valence-corrected chi connectivity index (χ4v) is 1.61. The van der Waals surface area contributed by atoms with Gasteiger partial charge >= 0.3 is 5.97 Å². The molecule has 1 aromatic heterocycles. The molecule has 1 atom stereocenters. The molecule has 1 rings (SSSR count). The van der Waals surface area contributed by atoms with Crippen molar-refractivity contribution in [2.24, 2.45) is 0 Å². The lowest BCUT2D eigenvalue weighted by Gasteiger charge is -2.14. The number of carbonyl (C=O) groups is 1. The average molecular weight is 238 g/mol. The Labute approximate surface area is 101 Å². The van der Waals surface area contributed by atoms with Crippen LogP contribution in [-0.4, -0.2) is 27.7 Å². The highest BCUT2D eigenvalue weighted by Crippen LogP contribution is 2.18. The maximum atomic E-state index is 10.9. The summed E-state index contributed by atoms with van der Waals surface area (Å²) in [6, 6.07) is 0. The van der Waals surface area contributed by atoms with Crippen molar-refractivity contribution in [3.63, 3.8) is 0 Å². The quantitative estimate of drug-likeness (QED) is 0.822. The van der Waals surface area contributed by atoms with E-state index < -0.39 is 5.97 Å². The minimum absolute atomic E-state index is 0.159. The maximum Gasteiger partial charge on any atom is 0.339 e. The van der Waals surface area contributed by atoms with Gasteiger partial charge in [0.05, 0.1) is 11.3 Å². The van der Waals surface area contributed by atoms with Crippen LogP contribution in [0.5, 0.6) is 0 Å². The van der Waals surface area contributed by atoms with Gasteiger partial charge in [0.15, 0.2) is 5.82 Å². The summed E-state index contributed by atoms with van der Waals surface area (Å²) < 4.78 is 5.50. The summed E-state index contributed by atoms with van der Waals surface area (Å²) in [5.41, 5.74) is 0.725. The summed E-state index contributed by atoms with van der Waals surface area (Å²) in [4.78, 5) is 19.3. The van der Waals surface area contributed by atoms with Gasteiger partial charge in [-0.1, -0.05) is 13.8 Å². The van der Waals surface area contributed by atoms with Crippen molar-refractivity contribution < 1.29 is 14.6 Å². The first kappa shape index (κ1) is 13.6. The van der Waals surface area contributed by atoms with Crippen LogP contribution in [-0.2, 0) is 11.2 Å². The van der Waals surface area contributed by atoms with Gasteiger partial charge in [-0.3, -0.25) is 0 Å². The number of carboxylic acids is 1. The Kier molecular flexibility index (Phi) is 5.03. The first-order valence-electron chi connectivity index (χ1n) is 5.84. The molecule has 1 aromatic rings. The molecule has 17 heavy (non-hydrogen) atoms. The molecule has 0 spiro atoms. The van der Waals surface area contributed by atoms with Crippen LogP contribution in [0.2, 0.25) is 0 Å². The van der Waals surface area contributed by atoms with Crippen LogP contribution in [0, 0.1) is 0 Å². The molecule has 5 heteroatoms. The molecule has 0 fully saturated rings. The molecule has 0 aromatic carbocycles. The molecule has 0 aliphatic rings. The number of aryl methyl sites for hydroxylation is 1. The lowest BCUT2D eigenvalue weighted by molar-refractivity contribution is 0.0530. The van der Waals surface area contributed by atoms with Gasteiger partial charge in [-0.15, -0.1) is 0 Å². The second-order valence-corrected chi connectivity index (χ2v) is 3.60. The first-order valence-corrected chi connectivity index (χ1v) is 5.84. The third-order valence-corrected chi connectivity index (χ3v) is 2.48. The second kappa shape index (κ2) is 6.30. The van der Waals surface area contributed by atoms with Crippen LogP contribution in [0.1, 0.15) is 55.2 Å². The molecular weight excluding hydrogens is 220 g/mol. The number of ether oxygens (including phenoxy) is 1. The minimum Gasteiger partial charge on any atom is -0.478 e. The number of hydrogen-bond acceptors (Lipinski definition) is 4. The summed E-state index contributed by atoms with van der Waals surface area (Å²) in [6.45, 7) is 6.36. The zero-order chi connectivity index (χ0) is 12.8. The van der Waals surface area contributed by atoms with Crippen molar-refractivity contribution in [3.05, 3.63) is 23.3 Å². The Balaban J connectivity index is 3.07. The van der Waals surface area contributed by atoms with Crippen molar-refractivity contribution in [2.75, 3.05) is 6.61 Å². The molecule has 0 amide bonds. The first-order chi connectivity index (χ1) is 8.13. The molecule has 0 aliphatic carbocycles. The van der Waals surface area contributed by atoms with Gasteiger partial charge in [0.25, 0.3) is 0 Å². The summed E-state index contributed by atoms with van der Waals surface area (Å²) in [7, 11) is 0. The third kappa shape index (κ3) is 3.23. The fourth-order valence-electron chi connectivity index (χ4n) is 1.61. The predicted octanol–water partition coefficient (Wildman–Crippen LogP) is 2.22. The van der Waals surface area contributed by atoms with Crippen molar-refractivity contribution in [1.82, 2.24) is 9.97 Å². The molecule has 0 saturated carbocycles. The van der Waals surface area contributed by atoms with E-state index in [2.05, 4.69) is 9.97 Å². The van der Waals surface area contributed by atoms with Crippen molar-refractivity contribution in [1.29, 1.82) is 0 Å². The predicted molar refractivity (Wildman–Crippen MR) is 63.0 cm³/mol. The number of rotatable bonds is 6. The standard InChI is InChI=1S/C12H18N2O3/c1-4-9-8(12(15)16)7-13-11(14-9)10(5-2)17-6-3/h7,10H,4-6H2,1-3H3,(H,15,16). The van der Waals surface area contributed by atoms with E-state index in [1.54, 1.807) is 0 Å². The summed E-state index contributed by atoms with van der Waals surface area (Å²) in [5.74, 6) is -0.422. The Hall–Kier alpha value is -1.49. The molecular formula is C12H18N2O3. The summed E-state index contributed by atoms with van der Waals surface area (Å²) in [5, 5.41) is 8.98. The van der Waals surface area contributed by atoms with E-state index in [4.69, 9.17) is 9.84 Å². The molecule has 94 valence electrons. The Bertz CT molecular complexity index is 393. The van der Waals surface area contributed by atoms with E-state index in [1.165, 1.54) is 6.20 Å². The largest absolute Gasteiger partial charge is 0.478 e. The third-order valence-electron chi connectivity index (χ3n) is 2.48. The number of aromatic carboxylic acids is 1. The average Bonchev–Trinajstić information content (AvgIpc) is 2.34. The van der Waals surface area contributed by atoms with Crippen molar-refractivity contribution in [3.8, 4) is 0 Å². The van der Waals surface area contributed by atoms with Gasteiger partial charge in [0.2, 0.25) is 0 Å². The smallest absolute Gasteiger partial charge is 0.339 e. The van der Waals surface area contributed by atoms with Gasteiger partial charge < -0.3 is 9.84 Å². The van der Waals surface area contributed by atoms with E-state index in [1.807, 2.05) is 20.8 Å². The highest BCUT2D eigenvalue weighted by Gasteiger charge is 2.17. The zero-order valence-corrected chi connectivity index (χ0v) is 10.4. The zero-order valence-electron chi connectivity index (χ0n) is 10.4. The molecule has 1 unspecified atom stereocenters. The van der Waals surface area contributed by atoms with E-state index in [0.717, 1.165) is 6.42 Å². The Morgan fingerprint density at radius 1 is 1.47 bits per heavy atom. The van der Waals surface area contributed by atoms with E-state index in [9.17, 15) is 4.79 Å². The molecule has 1 N–H and O–H groups in total. The topological polar surface area (TPSA) is 72.3 Å².